The summed E-state index contributed by atoms with van der Waals surface area (Å²) in [4.78, 5) is 6.31. The predicted molar refractivity (Wildman–Crippen MR) is 58.7 cm³/mol. The Hall–Kier alpha value is -0.800. The summed E-state index contributed by atoms with van der Waals surface area (Å²) in [5, 5.41) is 0.586. The molecule has 1 aromatic heterocycles. The molecule has 0 radical (unpaired) electrons. The summed E-state index contributed by atoms with van der Waals surface area (Å²) < 4.78 is 0. The molecule has 2 rings (SSSR count). The lowest BCUT2D eigenvalue weighted by Crippen LogP contribution is -2.39. The van der Waals surface area contributed by atoms with E-state index in [0.717, 1.165) is 31.6 Å². The van der Waals surface area contributed by atoms with E-state index in [1.165, 1.54) is 0 Å². The number of nitrogens with two attached hydrogens (primary N) is 1. The SMILES string of the molecule is NC1CCN(c2cccnc2Cl)CC1. The summed E-state index contributed by atoms with van der Waals surface area (Å²) in [7, 11) is 0. The average molecular weight is 212 g/mol. The second-order valence-corrected chi connectivity index (χ2v) is 4.00. The van der Waals surface area contributed by atoms with E-state index >= 15 is 0 Å². The lowest BCUT2D eigenvalue weighted by molar-refractivity contribution is 0.501. The van der Waals surface area contributed by atoms with E-state index in [0.29, 0.717) is 11.2 Å². The van der Waals surface area contributed by atoms with Gasteiger partial charge in [0.25, 0.3) is 0 Å². The van der Waals surface area contributed by atoms with Crippen LogP contribution in [0.3, 0.4) is 0 Å². The van der Waals surface area contributed by atoms with Gasteiger partial charge in [-0.2, -0.15) is 0 Å². The number of aromatic nitrogens is 1. The van der Waals surface area contributed by atoms with Crippen molar-refractivity contribution in [2.24, 2.45) is 5.73 Å². The van der Waals surface area contributed by atoms with E-state index < -0.39 is 0 Å². The minimum absolute atomic E-state index is 0.349. The molecule has 0 spiro atoms. The van der Waals surface area contributed by atoms with E-state index in [4.69, 9.17) is 17.3 Å². The Morgan fingerprint density at radius 2 is 2.14 bits per heavy atom. The van der Waals surface area contributed by atoms with E-state index in [1.807, 2.05) is 12.1 Å². The number of piperidine rings is 1. The highest BCUT2D eigenvalue weighted by molar-refractivity contribution is 6.32. The molecular weight excluding hydrogens is 198 g/mol. The average Bonchev–Trinajstić information content (AvgIpc) is 2.20. The summed E-state index contributed by atoms with van der Waals surface area (Å²) in [6.07, 6.45) is 3.78. The van der Waals surface area contributed by atoms with Gasteiger partial charge in [0.15, 0.2) is 5.15 Å². The van der Waals surface area contributed by atoms with Crippen LogP contribution in [0.25, 0.3) is 0 Å². The molecule has 1 saturated heterocycles. The number of hydrogen-bond donors (Lipinski definition) is 1. The maximum absolute atomic E-state index is 6.01. The fourth-order valence-electron chi connectivity index (χ4n) is 1.75. The van der Waals surface area contributed by atoms with Gasteiger partial charge in [0, 0.05) is 25.3 Å². The first kappa shape index (κ1) is 9.74. The van der Waals surface area contributed by atoms with E-state index in [-0.39, 0.29) is 0 Å². The third-order valence-electron chi connectivity index (χ3n) is 2.62. The maximum Gasteiger partial charge on any atom is 0.152 e. The fourth-order valence-corrected chi connectivity index (χ4v) is 1.99. The van der Waals surface area contributed by atoms with Gasteiger partial charge in [-0.3, -0.25) is 0 Å². The Morgan fingerprint density at radius 1 is 1.43 bits per heavy atom. The van der Waals surface area contributed by atoms with Crippen LogP contribution in [0.1, 0.15) is 12.8 Å². The van der Waals surface area contributed by atoms with Crippen molar-refractivity contribution in [2.45, 2.75) is 18.9 Å². The Labute approximate surface area is 88.9 Å². The second kappa shape index (κ2) is 4.15. The standard InChI is InChI=1S/C10H14ClN3/c11-10-9(2-1-5-13-10)14-6-3-8(12)4-7-14/h1-2,5,8H,3-4,6-7,12H2. The molecule has 2 N–H and O–H groups in total. The molecule has 14 heavy (non-hydrogen) atoms. The van der Waals surface area contributed by atoms with Crippen molar-refractivity contribution in [3.63, 3.8) is 0 Å². The number of halogens is 1. The largest absolute Gasteiger partial charge is 0.369 e. The first-order chi connectivity index (χ1) is 6.77. The van der Waals surface area contributed by atoms with Crippen LogP contribution in [-0.4, -0.2) is 24.1 Å². The second-order valence-electron chi connectivity index (χ2n) is 3.64. The van der Waals surface area contributed by atoms with Gasteiger partial charge >= 0.3 is 0 Å². The maximum atomic E-state index is 6.01. The number of rotatable bonds is 1. The number of hydrogen-bond acceptors (Lipinski definition) is 3. The highest BCUT2D eigenvalue weighted by atomic mass is 35.5. The quantitative estimate of drug-likeness (QED) is 0.719. The molecule has 0 aromatic carbocycles. The molecule has 0 atom stereocenters. The van der Waals surface area contributed by atoms with Crippen LogP contribution in [0.5, 0.6) is 0 Å². The van der Waals surface area contributed by atoms with Gasteiger partial charge in [0.1, 0.15) is 0 Å². The summed E-state index contributed by atoms with van der Waals surface area (Å²) in [5.74, 6) is 0. The monoisotopic (exact) mass is 211 g/mol. The van der Waals surface area contributed by atoms with Crippen molar-refractivity contribution in [1.29, 1.82) is 0 Å². The molecule has 0 unspecified atom stereocenters. The third-order valence-corrected chi connectivity index (χ3v) is 2.91. The molecular formula is C10H14ClN3. The van der Waals surface area contributed by atoms with Crippen LogP contribution in [0.2, 0.25) is 5.15 Å². The molecule has 1 aliphatic heterocycles. The topological polar surface area (TPSA) is 42.1 Å². The van der Waals surface area contributed by atoms with Crippen molar-refractivity contribution < 1.29 is 0 Å². The summed E-state index contributed by atoms with van der Waals surface area (Å²) >= 11 is 6.01. The smallest absolute Gasteiger partial charge is 0.152 e. The normalized spacial score (nSPS) is 18.6. The lowest BCUT2D eigenvalue weighted by Gasteiger charge is -2.32. The Balaban J connectivity index is 2.12. The Bertz CT molecular complexity index is 308. The molecule has 76 valence electrons. The van der Waals surface area contributed by atoms with Crippen molar-refractivity contribution in [3.05, 3.63) is 23.5 Å². The van der Waals surface area contributed by atoms with E-state index in [9.17, 15) is 0 Å². The van der Waals surface area contributed by atoms with Gasteiger partial charge in [0.2, 0.25) is 0 Å². The summed E-state index contributed by atoms with van der Waals surface area (Å²) in [6, 6.07) is 4.27. The zero-order valence-corrected chi connectivity index (χ0v) is 8.74. The minimum atomic E-state index is 0.349. The van der Waals surface area contributed by atoms with Crippen LogP contribution >= 0.6 is 11.6 Å². The first-order valence-corrected chi connectivity index (χ1v) is 5.26. The molecule has 4 heteroatoms. The van der Waals surface area contributed by atoms with Gasteiger partial charge in [-0.1, -0.05) is 11.6 Å². The van der Waals surface area contributed by atoms with Crippen LogP contribution in [0.15, 0.2) is 18.3 Å². The zero-order chi connectivity index (χ0) is 9.97. The number of pyridine rings is 1. The first-order valence-electron chi connectivity index (χ1n) is 4.88. The number of nitrogens with zero attached hydrogens (tertiary/aromatic N) is 2. The summed E-state index contributed by atoms with van der Waals surface area (Å²) in [5.41, 5.74) is 6.87. The Kier molecular flexibility index (Phi) is 2.89. The minimum Gasteiger partial charge on any atom is -0.369 e. The van der Waals surface area contributed by atoms with Gasteiger partial charge in [0.05, 0.1) is 5.69 Å². The van der Waals surface area contributed by atoms with E-state index in [2.05, 4.69) is 9.88 Å². The molecule has 0 saturated carbocycles. The highest BCUT2D eigenvalue weighted by Crippen LogP contribution is 2.25. The van der Waals surface area contributed by atoms with Gasteiger partial charge in [-0.25, -0.2) is 4.98 Å². The Morgan fingerprint density at radius 3 is 2.79 bits per heavy atom. The van der Waals surface area contributed by atoms with Crippen LogP contribution in [0, 0.1) is 0 Å². The zero-order valence-electron chi connectivity index (χ0n) is 7.99. The van der Waals surface area contributed by atoms with Crippen LogP contribution in [0.4, 0.5) is 5.69 Å². The van der Waals surface area contributed by atoms with Crippen molar-refractivity contribution >= 4 is 17.3 Å². The fraction of sp³-hybridized carbons (Fsp3) is 0.500. The predicted octanol–water partition coefficient (Wildman–Crippen LogP) is 1.66. The highest BCUT2D eigenvalue weighted by Gasteiger charge is 2.17. The molecule has 2 heterocycles. The van der Waals surface area contributed by atoms with Crippen LogP contribution < -0.4 is 10.6 Å². The van der Waals surface area contributed by atoms with Gasteiger partial charge in [-0.15, -0.1) is 0 Å². The number of anilines is 1. The van der Waals surface area contributed by atoms with Gasteiger partial charge < -0.3 is 10.6 Å². The molecule has 0 aliphatic carbocycles. The van der Waals surface area contributed by atoms with Crippen molar-refractivity contribution in [3.8, 4) is 0 Å². The summed E-state index contributed by atoms with van der Waals surface area (Å²) in [6.45, 7) is 1.96. The van der Waals surface area contributed by atoms with Gasteiger partial charge in [-0.05, 0) is 25.0 Å². The van der Waals surface area contributed by atoms with Crippen LogP contribution in [-0.2, 0) is 0 Å². The lowest BCUT2D eigenvalue weighted by atomic mass is 10.1. The third kappa shape index (κ3) is 1.99. The molecule has 1 fully saturated rings. The molecule has 0 amide bonds. The van der Waals surface area contributed by atoms with Crippen molar-refractivity contribution in [2.75, 3.05) is 18.0 Å². The molecule has 1 aromatic rings. The van der Waals surface area contributed by atoms with E-state index in [1.54, 1.807) is 6.20 Å². The molecule has 1 aliphatic rings. The molecule has 0 bridgehead atoms. The molecule has 3 nitrogen and oxygen atoms in total. The van der Waals surface area contributed by atoms with Crippen molar-refractivity contribution in [1.82, 2.24) is 4.98 Å².